The fraction of sp³-hybridized carbons (Fsp3) is 0.125. The minimum Gasteiger partial charge on any atom is -0.507 e. The van der Waals surface area contributed by atoms with Gasteiger partial charge in [0.1, 0.15) is 11.5 Å². The van der Waals surface area contributed by atoms with E-state index in [1.165, 1.54) is 6.07 Å². The standard InChI is InChI=1S/C16H15O3/c1-2-10-19-13-8-9-14(15(17)11-13)16(18)12-6-4-3-5-7-12/h3-9,11,17H,1-2,10H2. The van der Waals surface area contributed by atoms with Gasteiger partial charge >= 0.3 is 0 Å². The molecule has 3 nitrogen and oxygen atoms in total. The number of ether oxygens (including phenoxy) is 1. The van der Waals surface area contributed by atoms with Crippen LogP contribution in [0.1, 0.15) is 22.3 Å². The van der Waals surface area contributed by atoms with Gasteiger partial charge in [-0.15, -0.1) is 0 Å². The number of hydrogen-bond donors (Lipinski definition) is 1. The first kappa shape index (κ1) is 13.1. The Morgan fingerprint density at radius 3 is 2.53 bits per heavy atom. The van der Waals surface area contributed by atoms with Gasteiger partial charge in [-0.1, -0.05) is 30.3 Å². The molecular formula is C16H15O3. The van der Waals surface area contributed by atoms with E-state index >= 15 is 0 Å². The molecule has 0 saturated carbocycles. The number of ketones is 1. The molecule has 97 valence electrons. The molecule has 0 aromatic heterocycles. The fourth-order valence-electron chi connectivity index (χ4n) is 1.73. The molecule has 0 spiro atoms. The van der Waals surface area contributed by atoms with Gasteiger partial charge in [0.2, 0.25) is 0 Å². The highest BCUT2D eigenvalue weighted by Crippen LogP contribution is 2.25. The Balaban J connectivity index is 2.24. The molecule has 0 aliphatic carbocycles. The second kappa shape index (κ2) is 6.05. The summed E-state index contributed by atoms with van der Waals surface area (Å²) in [6.45, 7) is 4.14. The molecule has 19 heavy (non-hydrogen) atoms. The van der Waals surface area contributed by atoms with Crippen molar-refractivity contribution in [3.05, 3.63) is 66.6 Å². The summed E-state index contributed by atoms with van der Waals surface area (Å²) in [6, 6.07) is 13.5. The maximum Gasteiger partial charge on any atom is 0.196 e. The molecule has 0 unspecified atom stereocenters. The molecule has 0 bridgehead atoms. The van der Waals surface area contributed by atoms with Crippen molar-refractivity contribution in [2.45, 2.75) is 6.42 Å². The SMILES string of the molecule is [CH2]CCOc1ccc(C(=O)c2ccccc2)c(O)c1. The van der Waals surface area contributed by atoms with Crippen molar-refractivity contribution < 1.29 is 14.6 Å². The second-order valence-electron chi connectivity index (χ2n) is 4.08. The molecule has 0 aliphatic heterocycles. The molecule has 0 atom stereocenters. The van der Waals surface area contributed by atoms with Crippen LogP contribution < -0.4 is 4.74 Å². The number of benzene rings is 2. The van der Waals surface area contributed by atoms with E-state index in [9.17, 15) is 9.90 Å². The Morgan fingerprint density at radius 1 is 1.16 bits per heavy atom. The third kappa shape index (κ3) is 3.13. The summed E-state index contributed by atoms with van der Waals surface area (Å²) in [6.07, 6.45) is 0.644. The van der Waals surface area contributed by atoms with Crippen LogP contribution in [0.25, 0.3) is 0 Å². The van der Waals surface area contributed by atoms with E-state index in [0.29, 0.717) is 24.3 Å². The number of hydrogen-bond acceptors (Lipinski definition) is 3. The first-order valence-electron chi connectivity index (χ1n) is 6.07. The lowest BCUT2D eigenvalue weighted by molar-refractivity contribution is 0.103. The molecule has 2 rings (SSSR count). The summed E-state index contributed by atoms with van der Waals surface area (Å²) in [4.78, 5) is 12.2. The number of carbonyl (C=O) groups excluding carboxylic acids is 1. The molecular weight excluding hydrogens is 240 g/mol. The topological polar surface area (TPSA) is 46.5 Å². The van der Waals surface area contributed by atoms with Crippen LogP contribution in [0.5, 0.6) is 11.5 Å². The molecule has 0 fully saturated rings. The van der Waals surface area contributed by atoms with E-state index < -0.39 is 0 Å². The molecule has 0 heterocycles. The zero-order valence-electron chi connectivity index (χ0n) is 10.5. The van der Waals surface area contributed by atoms with Gasteiger partial charge in [0.05, 0.1) is 12.2 Å². The monoisotopic (exact) mass is 255 g/mol. The summed E-state index contributed by atoms with van der Waals surface area (Å²) in [5, 5.41) is 9.91. The molecule has 1 N–H and O–H groups in total. The van der Waals surface area contributed by atoms with Gasteiger partial charge in [-0.05, 0) is 25.5 Å². The zero-order valence-corrected chi connectivity index (χ0v) is 10.5. The van der Waals surface area contributed by atoms with Crippen LogP contribution in [0, 0.1) is 6.92 Å². The average Bonchev–Trinajstić information content (AvgIpc) is 2.45. The first-order valence-corrected chi connectivity index (χ1v) is 6.07. The highest BCUT2D eigenvalue weighted by Gasteiger charge is 2.13. The lowest BCUT2D eigenvalue weighted by atomic mass is 10.0. The second-order valence-corrected chi connectivity index (χ2v) is 4.08. The van der Waals surface area contributed by atoms with Crippen molar-refractivity contribution in [3.8, 4) is 11.5 Å². The van der Waals surface area contributed by atoms with Gasteiger partial charge in [-0.25, -0.2) is 0 Å². The van der Waals surface area contributed by atoms with E-state index in [1.807, 2.05) is 6.07 Å². The van der Waals surface area contributed by atoms with Gasteiger partial charge in [0.25, 0.3) is 0 Å². The normalized spacial score (nSPS) is 10.2. The maximum atomic E-state index is 12.2. The lowest BCUT2D eigenvalue weighted by Gasteiger charge is -2.08. The van der Waals surface area contributed by atoms with E-state index in [4.69, 9.17) is 4.74 Å². The van der Waals surface area contributed by atoms with Crippen LogP contribution in [0.2, 0.25) is 0 Å². The Bertz CT molecular complexity index is 561. The minimum atomic E-state index is -0.207. The third-order valence-electron chi connectivity index (χ3n) is 2.66. The lowest BCUT2D eigenvalue weighted by Crippen LogP contribution is -2.02. The van der Waals surface area contributed by atoms with Crippen LogP contribution in [-0.4, -0.2) is 17.5 Å². The van der Waals surface area contributed by atoms with Crippen molar-refractivity contribution in [3.63, 3.8) is 0 Å². The molecule has 0 aliphatic rings. The number of aromatic hydroxyl groups is 1. The van der Waals surface area contributed by atoms with Gasteiger partial charge in [-0.3, -0.25) is 4.79 Å². The first-order chi connectivity index (χ1) is 9.22. The summed E-state index contributed by atoms with van der Waals surface area (Å²) < 4.78 is 5.34. The van der Waals surface area contributed by atoms with Crippen molar-refractivity contribution in [2.24, 2.45) is 0 Å². The molecule has 3 heteroatoms. The summed E-state index contributed by atoms with van der Waals surface area (Å²) in [5.41, 5.74) is 0.817. The van der Waals surface area contributed by atoms with Crippen molar-refractivity contribution in [1.82, 2.24) is 0 Å². The quantitative estimate of drug-likeness (QED) is 0.834. The summed E-state index contributed by atoms with van der Waals surface area (Å²) >= 11 is 0. The number of carbonyl (C=O) groups is 1. The Morgan fingerprint density at radius 2 is 1.89 bits per heavy atom. The molecule has 0 saturated heterocycles. The van der Waals surface area contributed by atoms with Crippen molar-refractivity contribution in [1.29, 1.82) is 0 Å². The van der Waals surface area contributed by atoms with Crippen LogP contribution in [0.15, 0.2) is 48.5 Å². The smallest absolute Gasteiger partial charge is 0.196 e. The summed E-state index contributed by atoms with van der Waals surface area (Å²) in [7, 11) is 0. The van der Waals surface area contributed by atoms with E-state index in [1.54, 1.807) is 36.4 Å². The van der Waals surface area contributed by atoms with Gasteiger partial charge in [-0.2, -0.15) is 0 Å². The van der Waals surface area contributed by atoms with Crippen molar-refractivity contribution >= 4 is 5.78 Å². The predicted octanol–water partition coefficient (Wildman–Crippen LogP) is 3.23. The Hall–Kier alpha value is -2.29. The highest BCUT2D eigenvalue weighted by molar-refractivity contribution is 6.10. The van der Waals surface area contributed by atoms with E-state index in [2.05, 4.69) is 6.92 Å². The largest absolute Gasteiger partial charge is 0.507 e. The van der Waals surface area contributed by atoms with Crippen LogP contribution >= 0.6 is 0 Å². The average molecular weight is 255 g/mol. The van der Waals surface area contributed by atoms with E-state index in [0.717, 1.165) is 0 Å². The predicted molar refractivity (Wildman–Crippen MR) is 73.5 cm³/mol. The minimum absolute atomic E-state index is 0.0737. The van der Waals surface area contributed by atoms with Gasteiger partial charge in [0.15, 0.2) is 5.78 Å². The number of phenols is 1. The fourth-order valence-corrected chi connectivity index (χ4v) is 1.73. The van der Waals surface area contributed by atoms with Crippen molar-refractivity contribution in [2.75, 3.05) is 6.61 Å². The van der Waals surface area contributed by atoms with Gasteiger partial charge in [0, 0.05) is 11.6 Å². The van der Waals surface area contributed by atoms with Crippen LogP contribution in [-0.2, 0) is 0 Å². The maximum absolute atomic E-state index is 12.2. The van der Waals surface area contributed by atoms with E-state index in [-0.39, 0.29) is 17.1 Å². The Kier molecular flexibility index (Phi) is 4.18. The molecule has 2 aromatic carbocycles. The zero-order chi connectivity index (χ0) is 13.7. The summed E-state index contributed by atoms with van der Waals surface area (Å²) in [5.74, 6) is 0.253. The number of rotatable bonds is 5. The third-order valence-corrected chi connectivity index (χ3v) is 2.66. The van der Waals surface area contributed by atoms with Crippen LogP contribution in [0.4, 0.5) is 0 Å². The van der Waals surface area contributed by atoms with Crippen LogP contribution in [0.3, 0.4) is 0 Å². The molecule has 1 radical (unpaired) electrons. The Labute approximate surface area is 112 Å². The number of phenolic OH excluding ortho intramolecular Hbond substituents is 1. The van der Waals surface area contributed by atoms with Gasteiger partial charge < -0.3 is 9.84 Å². The highest BCUT2D eigenvalue weighted by atomic mass is 16.5. The molecule has 2 aromatic rings. The molecule has 0 amide bonds.